The number of hydrogen-bond donors (Lipinski definition) is 3. The number of rotatable bonds is 3. The smallest absolute Gasteiger partial charge is 0.475 e. The Morgan fingerprint density at radius 1 is 1.07 bits per heavy atom. The second-order valence-electron chi connectivity index (χ2n) is 10.3. The van der Waals surface area contributed by atoms with E-state index in [2.05, 4.69) is 35.4 Å². The normalized spacial score (nSPS) is 15.7. The molecule has 2 aromatic carbocycles. The fourth-order valence-corrected chi connectivity index (χ4v) is 5.39. The molecule has 8 nitrogen and oxygen atoms in total. The number of carboxylic acid groups (broad SMARTS) is 1. The number of H-pyrrole nitrogens is 1. The minimum atomic E-state index is -5.08. The van der Waals surface area contributed by atoms with Gasteiger partial charge in [0.05, 0.1) is 17.3 Å². The molecular formula is C30H32F3N5O3. The number of imidazole rings is 1. The first-order valence-electron chi connectivity index (χ1n) is 13.5. The van der Waals surface area contributed by atoms with Crippen LogP contribution in [0.5, 0.6) is 0 Å². The summed E-state index contributed by atoms with van der Waals surface area (Å²) in [5.41, 5.74) is 8.08. The van der Waals surface area contributed by atoms with Crippen LogP contribution < -0.4 is 5.32 Å². The lowest BCUT2D eigenvalue weighted by atomic mass is 9.86. The molecule has 3 aromatic rings. The van der Waals surface area contributed by atoms with Crippen LogP contribution in [0.2, 0.25) is 0 Å². The second kappa shape index (κ2) is 12.6. The number of likely N-dealkylation sites (tertiary alicyclic amines) is 1. The van der Waals surface area contributed by atoms with Crippen LogP contribution in [0.1, 0.15) is 62.8 Å². The number of carbonyl (C=O) groups excluding carboxylic acids is 1. The molecule has 0 aliphatic carbocycles. The topological polar surface area (TPSA) is 122 Å². The first-order chi connectivity index (χ1) is 19.5. The standard InChI is InChI=1S/C28H31N5O.C2HF3O2/c1-18-15-19(2)24(16-23(18)27-31-25-7-11-30-12-8-26(25)32-27)28(34)33-13-9-20(10-14-33)22-6-4-3-5-21(22)17-29;3-2(4,5)1(6)7/h3-6,15-16,20,30H,7-14H2,1-2H3,(H,31,32);(H,6,7). The van der Waals surface area contributed by atoms with Crippen molar-refractivity contribution in [3.63, 3.8) is 0 Å². The van der Waals surface area contributed by atoms with Gasteiger partial charge in [-0.15, -0.1) is 0 Å². The van der Waals surface area contributed by atoms with Crippen LogP contribution >= 0.6 is 0 Å². The van der Waals surface area contributed by atoms with Crippen molar-refractivity contribution >= 4 is 11.9 Å². The number of hydrogen-bond acceptors (Lipinski definition) is 5. The monoisotopic (exact) mass is 567 g/mol. The van der Waals surface area contributed by atoms with Crippen molar-refractivity contribution in [2.45, 2.75) is 51.6 Å². The van der Waals surface area contributed by atoms with E-state index in [1.54, 1.807) is 0 Å². The third-order valence-corrected chi connectivity index (χ3v) is 7.56. The highest BCUT2D eigenvalue weighted by Crippen LogP contribution is 2.32. The molecule has 0 saturated carbocycles. The molecule has 1 saturated heterocycles. The summed E-state index contributed by atoms with van der Waals surface area (Å²) >= 11 is 0. The number of nitrogens with zero attached hydrogens (tertiary/aromatic N) is 3. The number of aromatic amines is 1. The van der Waals surface area contributed by atoms with Crippen LogP contribution in [-0.2, 0) is 17.6 Å². The van der Waals surface area contributed by atoms with Gasteiger partial charge in [-0.3, -0.25) is 4.79 Å². The number of carbonyl (C=O) groups is 2. The number of piperidine rings is 1. The van der Waals surface area contributed by atoms with Gasteiger partial charge in [0.25, 0.3) is 5.91 Å². The molecule has 216 valence electrons. The highest BCUT2D eigenvalue weighted by atomic mass is 19.4. The molecule has 0 radical (unpaired) electrons. The van der Waals surface area contributed by atoms with Crippen LogP contribution in [0.25, 0.3) is 11.4 Å². The van der Waals surface area contributed by atoms with E-state index in [-0.39, 0.29) is 5.91 Å². The molecule has 2 aliphatic heterocycles. The Labute approximate surface area is 236 Å². The van der Waals surface area contributed by atoms with Crippen LogP contribution in [0, 0.1) is 25.2 Å². The summed E-state index contributed by atoms with van der Waals surface area (Å²) in [4.78, 5) is 32.8. The predicted octanol–water partition coefficient (Wildman–Crippen LogP) is 4.91. The minimum Gasteiger partial charge on any atom is -0.475 e. The zero-order valence-corrected chi connectivity index (χ0v) is 22.9. The summed E-state index contributed by atoms with van der Waals surface area (Å²) in [6, 6.07) is 14.3. The number of carboxylic acids is 1. The minimum absolute atomic E-state index is 0.0862. The summed E-state index contributed by atoms with van der Waals surface area (Å²) in [6.07, 6.45) is -1.46. The van der Waals surface area contributed by atoms with Gasteiger partial charge < -0.3 is 20.3 Å². The Balaban J connectivity index is 0.000000493. The molecule has 11 heteroatoms. The number of aryl methyl sites for hydroxylation is 2. The maximum absolute atomic E-state index is 13.6. The summed E-state index contributed by atoms with van der Waals surface area (Å²) in [5.74, 6) is -1.48. The lowest BCUT2D eigenvalue weighted by molar-refractivity contribution is -0.192. The maximum Gasteiger partial charge on any atom is 0.490 e. The molecule has 1 fully saturated rings. The van der Waals surface area contributed by atoms with Gasteiger partial charge in [0.1, 0.15) is 5.82 Å². The van der Waals surface area contributed by atoms with Crippen LogP contribution in [0.3, 0.4) is 0 Å². The summed E-state index contributed by atoms with van der Waals surface area (Å²) in [5, 5.41) is 20.0. The van der Waals surface area contributed by atoms with E-state index in [9.17, 15) is 23.2 Å². The Kier molecular flexibility index (Phi) is 9.13. The number of amides is 1. The first kappa shape index (κ1) is 29.8. The lowest BCUT2D eigenvalue weighted by Gasteiger charge is -2.33. The van der Waals surface area contributed by atoms with Gasteiger partial charge in [-0.05, 0) is 61.4 Å². The number of alkyl halides is 3. The summed E-state index contributed by atoms with van der Waals surface area (Å²) < 4.78 is 31.7. The summed E-state index contributed by atoms with van der Waals surface area (Å²) in [7, 11) is 0. The molecule has 0 bridgehead atoms. The Morgan fingerprint density at radius 3 is 2.39 bits per heavy atom. The molecule has 0 atom stereocenters. The van der Waals surface area contributed by atoms with Gasteiger partial charge in [-0.1, -0.05) is 24.3 Å². The zero-order chi connectivity index (χ0) is 29.7. The van der Waals surface area contributed by atoms with Gasteiger partial charge >= 0.3 is 12.1 Å². The quantitative estimate of drug-likeness (QED) is 0.414. The van der Waals surface area contributed by atoms with E-state index < -0.39 is 12.1 Å². The van der Waals surface area contributed by atoms with Crippen molar-refractivity contribution in [3.05, 3.63) is 75.6 Å². The van der Waals surface area contributed by atoms with Crippen molar-refractivity contribution in [1.29, 1.82) is 5.26 Å². The fourth-order valence-electron chi connectivity index (χ4n) is 5.39. The van der Waals surface area contributed by atoms with Gasteiger partial charge in [0, 0.05) is 55.8 Å². The molecule has 0 spiro atoms. The molecule has 3 N–H and O–H groups in total. The van der Waals surface area contributed by atoms with Gasteiger partial charge in [0.15, 0.2) is 0 Å². The number of nitriles is 1. The van der Waals surface area contributed by atoms with E-state index in [0.29, 0.717) is 19.0 Å². The molecule has 1 amide bonds. The van der Waals surface area contributed by atoms with E-state index in [0.717, 1.165) is 83.7 Å². The van der Waals surface area contributed by atoms with Crippen LogP contribution in [0.4, 0.5) is 13.2 Å². The highest BCUT2D eigenvalue weighted by molar-refractivity contribution is 5.97. The zero-order valence-electron chi connectivity index (χ0n) is 22.9. The van der Waals surface area contributed by atoms with Gasteiger partial charge in [0.2, 0.25) is 0 Å². The highest BCUT2D eigenvalue weighted by Gasteiger charge is 2.38. The summed E-state index contributed by atoms with van der Waals surface area (Å²) in [6.45, 7) is 7.41. The van der Waals surface area contributed by atoms with Gasteiger partial charge in [-0.2, -0.15) is 18.4 Å². The number of aromatic nitrogens is 2. The molecule has 1 aromatic heterocycles. The van der Waals surface area contributed by atoms with E-state index in [1.807, 2.05) is 36.1 Å². The maximum atomic E-state index is 13.6. The van der Waals surface area contributed by atoms with E-state index >= 15 is 0 Å². The predicted molar refractivity (Wildman–Crippen MR) is 147 cm³/mol. The Hall–Kier alpha value is -4.17. The molecule has 3 heterocycles. The van der Waals surface area contributed by atoms with Crippen LogP contribution in [-0.4, -0.2) is 64.2 Å². The molecular weight excluding hydrogens is 535 g/mol. The van der Waals surface area contributed by atoms with Crippen molar-refractivity contribution in [2.24, 2.45) is 0 Å². The molecule has 41 heavy (non-hydrogen) atoms. The third kappa shape index (κ3) is 6.95. The largest absolute Gasteiger partial charge is 0.490 e. The number of benzene rings is 2. The SMILES string of the molecule is Cc1cc(C)c(-c2nc3c([nH]2)CCNCC3)cc1C(=O)N1CCC(c2ccccc2C#N)CC1.O=C(O)C(F)(F)F. The average molecular weight is 568 g/mol. The molecule has 5 rings (SSSR count). The van der Waals surface area contributed by atoms with Crippen LogP contribution in [0.15, 0.2) is 36.4 Å². The lowest BCUT2D eigenvalue weighted by Crippen LogP contribution is -2.38. The number of nitrogens with one attached hydrogen (secondary N) is 2. The number of aliphatic carboxylic acids is 1. The molecule has 0 unspecified atom stereocenters. The molecule has 2 aliphatic rings. The second-order valence-corrected chi connectivity index (χ2v) is 10.3. The van der Waals surface area contributed by atoms with Gasteiger partial charge in [-0.25, -0.2) is 9.78 Å². The Bertz CT molecular complexity index is 1440. The third-order valence-electron chi connectivity index (χ3n) is 7.56. The average Bonchev–Trinajstić information content (AvgIpc) is 3.22. The Morgan fingerprint density at radius 2 is 1.73 bits per heavy atom. The van der Waals surface area contributed by atoms with Crippen molar-refractivity contribution in [2.75, 3.05) is 26.2 Å². The van der Waals surface area contributed by atoms with Crippen molar-refractivity contribution in [3.8, 4) is 17.5 Å². The van der Waals surface area contributed by atoms with Crippen molar-refractivity contribution in [1.82, 2.24) is 20.2 Å². The van der Waals surface area contributed by atoms with E-state index in [1.165, 1.54) is 5.69 Å². The van der Waals surface area contributed by atoms with E-state index in [4.69, 9.17) is 14.9 Å². The first-order valence-corrected chi connectivity index (χ1v) is 13.5. The number of fused-ring (bicyclic) bond motifs is 1. The fraction of sp³-hybridized carbons (Fsp3) is 0.400. The number of halogens is 3. The van der Waals surface area contributed by atoms with Crippen molar-refractivity contribution < 1.29 is 27.9 Å².